The predicted octanol–water partition coefficient (Wildman–Crippen LogP) is 2.53. The van der Waals surface area contributed by atoms with Crippen molar-refractivity contribution in [3.8, 4) is 0 Å². The Labute approximate surface area is 85.4 Å². The van der Waals surface area contributed by atoms with Crippen LogP contribution < -0.4 is 0 Å². The molecule has 0 amide bonds. The van der Waals surface area contributed by atoms with Crippen LogP contribution in [0.15, 0.2) is 0 Å². The van der Waals surface area contributed by atoms with Gasteiger partial charge in [-0.15, -0.1) is 0 Å². The van der Waals surface area contributed by atoms with E-state index >= 15 is 0 Å². The zero-order valence-electron chi connectivity index (χ0n) is 8.84. The first kappa shape index (κ1) is 11.3. The molecular weight excluding hydrogens is 184 g/mol. The summed E-state index contributed by atoms with van der Waals surface area (Å²) in [4.78, 5) is 0. The molecule has 3 heteroatoms. The van der Waals surface area contributed by atoms with Crippen molar-refractivity contribution in [2.45, 2.75) is 33.0 Å². The van der Waals surface area contributed by atoms with E-state index in [1.807, 2.05) is 11.8 Å². The van der Waals surface area contributed by atoms with E-state index in [0.717, 1.165) is 25.4 Å². The quantitative estimate of drug-likeness (QED) is 0.701. The second-order valence-corrected chi connectivity index (χ2v) is 4.95. The first-order chi connectivity index (χ1) is 6.19. The van der Waals surface area contributed by atoms with Gasteiger partial charge >= 0.3 is 0 Å². The fraction of sp³-hybridized carbons (Fsp3) is 1.00. The Morgan fingerprint density at radius 2 is 2.00 bits per heavy atom. The predicted molar refractivity (Wildman–Crippen MR) is 57.1 cm³/mol. The molecule has 1 rings (SSSR count). The van der Waals surface area contributed by atoms with Crippen LogP contribution in [0.3, 0.4) is 0 Å². The van der Waals surface area contributed by atoms with Crippen molar-refractivity contribution in [1.29, 1.82) is 0 Å². The van der Waals surface area contributed by atoms with Crippen LogP contribution in [-0.4, -0.2) is 30.5 Å². The van der Waals surface area contributed by atoms with Gasteiger partial charge in [-0.05, 0) is 19.1 Å². The van der Waals surface area contributed by atoms with Crippen LogP contribution in [0.25, 0.3) is 0 Å². The van der Waals surface area contributed by atoms with E-state index < -0.39 is 0 Å². The van der Waals surface area contributed by atoms with Crippen molar-refractivity contribution in [2.24, 2.45) is 5.92 Å². The second-order valence-electron chi connectivity index (χ2n) is 3.63. The summed E-state index contributed by atoms with van der Waals surface area (Å²) in [6.45, 7) is 8.14. The Bertz CT molecular complexity index is 144. The third-order valence-electron chi connectivity index (χ3n) is 2.53. The lowest BCUT2D eigenvalue weighted by molar-refractivity contribution is -0.276. The summed E-state index contributed by atoms with van der Waals surface area (Å²) in [5.41, 5.74) is 0. The van der Waals surface area contributed by atoms with Crippen molar-refractivity contribution in [3.05, 3.63) is 0 Å². The molecule has 1 atom stereocenters. The Morgan fingerprint density at radius 1 is 1.38 bits per heavy atom. The zero-order chi connectivity index (χ0) is 9.73. The van der Waals surface area contributed by atoms with Gasteiger partial charge in [0.1, 0.15) is 0 Å². The molecule has 0 aromatic carbocycles. The summed E-state index contributed by atoms with van der Waals surface area (Å²) in [7, 11) is 0. The van der Waals surface area contributed by atoms with E-state index in [1.165, 1.54) is 5.75 Å². The molecule has 1 saturated heterocycles. The molecule has 2 nitrogen and oxygen atoms in total. The maximum Gasteiger partial charge on any atom is 0.168 e. The Kier molecular flexibility index (Phi) is 4.56. The Morgan fingerprint density at radius 3 is 2.54 bits per heavy atom. The smallest absolute Gasteiger partial charge is 0.168 e. The third-order valence-corrected chi connectivity index (χ3v) is 3.68. The van der Waals surface area contributed by atoms with Gasteiger partial charge in [0.2, 0.25) is 0 Å². The molecule has 0 aromatic rings. The first-order valence-electron chi connectivity index (χ1n) is 5.04. The highest BCUT2D eigenvalue weighted by atomic mass is 32.2. The average Bonchev–Trinajstić information content (AvgIpc) is 2.15. The van der Waals surface area contributed by atoms with Gasteiger partial charge in [0.15, 0.2) is 5.79 Å². The maximum absolute atomic E-state index is 5.69. The van der Waals surface area contributed by atoms with Crippen LogP contribution in [0.4, 0.5) is 0 Å². The zero-order valence-corrected chi connectivity index (χ0v) is 9.65. The molecule has 0 aromatic heterocycles. The molecule has 0 aliphatic carbocycles. The molecule has 0 saturated carbocycles. The van der Waals surface area contributed by atoms with Crippen LogP contribution >= 0.6 is 11.8 Å². The van der Waals surface area contributed by atoms with Gasteiger partial charge in [0.05, 0.1) is 13.2 Å². The lowest BCUT2D eigenvalue weighted by atomic mass is 10.0. The number of thioether (sulfide) groups is 1. The third kappa shape index (κ3) is 3.15. The monoisotopic (exact) mass is 204 g/mol. The molecule has 0 N–H and O–H groups in total. The van der Waals surface area contributed by atoms with Crippen molar-refractivity contribution < 1.29 is 9.47 Å². The van der Waals surface area contributed by atoms with Gasteiger partial charge in [-0.3, -0.25) is 0 Å². The van der Waals surface area contributed by atoms with Crippen molar-refractivity contribution in [3.63, 3.8) is 0 Å². The van der Waals surface area contributed by atoms with E-state index in [9.17, 15) is 0 Å². The van der Waals surface area contributed by atoms with E-state index in [1.54, 1.807) is 0 Å². The van der Waals surface area contributed by atoms with E-state index in [0.29, 0.717) is 5.92 Å². The van der Waals surface area contributed by atoms with Crippen LogP contribution in [0, 0.1) is 5.92 Å². The average molecular weight is 204 g/mol. The molecule has 1 aliphatic heterocycles. The van der Waals surface area contributed by atoms with E-state index in [4.69, 9.17) is 9.47 Å². The number of hydrogen-bond acceptors (Lipinski definition) is 3. The minimum atomic E-state index is -0.333. The van der Waals surface area contributed by atoms with Gasteiger partial charge in [-0.1, -0.05) is 13.8 Å². The summed E-state index contributed by atoms with van der Waals surface area (Å²) in [6.07, 6.45) is 1.03. The van der Waals surface area contributed by atoms with Crippen LogP contribution in [0.1, 0.15) is 27.2 Å². The van der Waals surface area contributed by atoms with Crippen LogP contribution in [0.2, 0.25) is 0 Å². The van der Waals surface area contributed by atoms with Crippen LogP contribution in [-0.2, 0) is 9.47 Å². The van der Waals surface area contributed by atoms with E-state index in [2.05, 4.69) is 20.8 Å². The molecule has 0 bridgehead atoms. The summed E-state index contributed by atoms with van der Waals surface area (Å²) in [5, 5.41) is 0. The van der Waals surface area contributed by atoms with Crippen molar-refractivity contribution in [1.82, 2.24) is 0 Å². The fourth-order valence-corrected chi connectivity index (χ4v) is 2.27. The van der Waals surface area contributed by atoms with Crippen LogP contribution in [0.5, 0.6) is 0 Å². The van der Waals surface area contributed by atoms with Crippen molar-refractivity contribution in [2.75, 3.05) is 24.7 Å². The second kappa shape index (κ2) is 5.23. The molecule has 0 radical (unpaired) electrons. The minimum Gasteiger partial charge on any atom is -0.350 e. The van der Waals surface area contributed by atoms with Gasteiger partial charge in [0, 0.05) is 11.7 Å². The molecule has 1 unspecified atom stereocenters. The SMILES string of the molecule is CCSCC(C)C1(C)OCCCO1. The van der Waals surface area contributed by atoms with Crippen molar-refractivity contribution >= 4 is 11.8 Å². The molecule has 13 heavy (non-hydrogen) atoms. The largest absolute Gasteiger partial charge is 0.350 e. The molecular formula is C10H20O2S. The lowest BCUT2D eigenvalue weighted by Crippen LogP contribution is -2.44. The molecule has 1 heterocycles. The summed E-state index contributed by atoms with van der Waals surface area (Å²) in [6, 6.07) is 0. The topological polar surface area (TPSA) is 18.5 Å². The highest BCUT2D eigenvalue weighted by molar-refractivity contribution is 7.99. The first-order valence-corrected chi connectivity index (χ1v) is 6.20. The summed E-state index contributed by atoms with van der Waals surface area (Å²) >= 11 is 1.95. The summed E-state index contributed by atoms with van der Waals surface area (Å²) < 4.78 is 11.4. The van der Waals surface area contributed by atoms with Gasteiger partial charge < -0.3 is 9.47 Å². The summed E-state index contributed by atoms with van der Waals surface area (Å²) in [5.74, 6) is 2.42. The highest BCUT2D eigenvalue weighted by Crippen LogP contribution is 2.29. The molecule has 1 fully saturated rings. The molecule has 0 spiro atoms. The minimum absolute atomic E-state index is 0.333. The molecule has 1 aliphatic rings. The fourth-order valence-electron chi connectivity index (χ4n) is 1.38. The standard InChI is InChI=1S/C10H20O2S/c1-4-13-8-9(2)10(3)11-6-5-7-12-10/h9H,4-8H2,1-3H3. The molecule has 78 valence electrons. The number of ether oxygens (including phenoxy) is 2. The maximum atomic E-state index is 5.69. The Balaban J connectivity index is 2.37. The highest BCUT2D eigenvalue weighted by Gasteiger charge is 2.34. The van der Waals surface area contributed by atoms with Gasteiger partial charge in [0.25, 0.3) is 0 Å². The normalized spacial score (nSPS) is 24.2. The van der Waals surface area contributed by atoms with Gasteiger partial charge in [-0.2, -0.15) is 11.8 Å². The van der Waals surface area contributed by atoms with E-state index in [-0.39, 0.29) is 5.79 Å². The Hall–Kier alpha value is 0.270. The number of rotatable bonds is 4. The lowest BCUT2D eigenvalue weighted by Gasteiger charge is -2.38. The van der Waals surface area contributed by atoms with Gasteiger partial charge in [-0.25, -0.2) is 0 Å². The number of hydrogen-bond donors (Lipinski definition) is 0.